The Morgan fingerprint density at radius 1 is 1.32 bits per heavy atom. The van der Waals surface area contributed by atoms with E-state index in [1.807, 2.05) is 6.92 Å². The summed E-state index contributed by atoms with van der Waals surface area (Å²) in [6.45, 7) is 2.42. The van der Waals surface area contributed by atoms with E-state index < -0.39 is 17.7 Å². The zero-order valence-electron chi connectivity index (χ0n) is 10.2. The van der Waals surface area contributed by atoms with Crippen molar-refractivity contribution in [2.24, 2.45) is 0 Å². The molecule has 1 atom stereocenters. The summed E-state index contributed by atoms with van der Waals surface area (Å²) in [5.74, 6) is -1.23. The van der Waals surface area contributed by atoms with Crippen molar-refractivity contribution in [1.29, 1.82) is 0 Å². The zero-order chi connectivity index (χ0) is 13.8. The number of nitrogens with one attached hydrogen (secondary N) is 1. The van der Waals surface area contributed by atoms with Gasteiger partial charge in [0.1, 0.15) is 18.0 Å². The third-order valence-corrected chi connectivity index (χ3v) is 3.29. The Morgan fingerprint density at radius 2 is 2.11 bits per heavy atom. The predicted molar refractivity (Wildman–Crippen MR) is 71.6 cm³/mol. The van der Waals surface area contributed by atoms with Crippen LogP contribution in [0.25, 0.3) is 0 Å². The van der Waals surface area contributed by atoms with Crippen LogP contribution in [0.3, 0.4) is 0 Å². The third-order valence-electron chi connectivity index (χ3n) is 2.68. The number of nitrogens with zero attached hydrogens (tertiary/aromatic N) is 2. The van der Waals surface area contributed by atoms with Crippen LogP contribution >= 0.6 is 15.9 Å². The van der Waals surface area contributed by atoms with E-state index in [1.165, 1.54) is 18.5 Å². The first kappa shape index (κ1) is 14.0. The topological polar surface area (TPSA) is 37.8 Å². The van der Waals surface area contributed by atoms with E-state index in [1.54, 1.807) is 12.3 Å². The van der Waals surface area contributed by atoms with Gasteiger partial charge in [0.15, 0.2) is 0 Å². The molecular weight excluding hydrogens is 316 g/mol. The molecule has 1 aromatic carbocycles. The molecule has 6 heteroatoms. The summed E-state index contributed by atoms with van der Waals surface area (Å²) >= 11 is 3.07. The molecular formula is C13H12BrF2N3. The third kappa shape index (κ3) is 2.96. The standard InChI is InChI=1S/C13H12BrF2N3/c1-2-18-13(10-5-6-17-7-19-10)11-9(15)4-3-8(14)12(11)16/h3-7,13,18H,2H2,1H3. The van der Waals surface area contributed by atoms with E-state index in [-0.39, 0.29) is 10.0 Å². The van der Waals surface area contributed by atoms with E-state index in [4.69, 9.17) is 0 Å². The molecule has 19 heavy (non-hydrogen) atoms. The maximum Gasteiger partial charge on any atom is 0.145 e. The minimum atomic E-state index is -0.648. The molecule has 0 radical (unpaired) electrons. The molecule has 3 nitrogen and oxygen atoms in total. The Bertz CT molecular complexity index is 563. The predicted octanol–water partition coefficient (Wildman–Crippen LogP) is 3.22. The van der Waals surface area contributed by atoms with Gasteiger partial charge in [-0.2, -0.15) is 0 Å². The van der Waals surface area contributed by atoms with Crippen molar-refractivity contribution in [3.05, 3.63) is 58.1 Å². The summed E-state index contributed by atoms with van der Waals surface area (Å²) in [5, 5.41) is 3.03. The molecule has 1 N–H and O–H groups in total. The van der Waals surface area contributed by atoms with Crippen LogP contribution in [0.5, 0.6) is 0 Å². The zero-order valence-corrected chi connectivity index (χ0v) is 11.8. The van der Waals surface area contributed by atoms with E-state index in [0.29, 0.717) is 12.2 Å². The molecule has 0 bridgehead atoms. The number of benzene rings is 1. The molecule has 2 aromatic rings. The molecule has 0 aliphatic heterocycles. The fourth-order valence-electron chi connectivity index (χ4n) is 1.84. The highest BCUT2D eigenvalue weighted by Gasteiger charge is 2.23. The van der Waals surface area contributed by atoms with Gasteiger partial charge in [-0.25, -0.2) is 18.7 Å². The van der Waals surface area contributed by atoms with Crippen molar-refractivity contribution in [3.63, 3.8) is 0 Å². The van der Waals surface area contributed by atoms with Crippen molar-refractivity contribution in [1.82, 2.24) is 15.3 Å². The quantitative estimate of drug-likeness (QED) is 0.876. The lowest BCUT2D eigenvalue weighted by atomic mass is 10.0. The molecule has 0 saturated heterocycles. The molecule has 1 heterocycles. The lowest BCUT2D eigenvalue weighted by molar-refractivity contribution is 0.502. The summed E-state index contributed by atoms with van der Waals surface area (Å²) in [6, 6.07) is 3.56. The van der Waals surface area contributed by atoms with Gasteiger partial charge in [-0.05, 0) is 40.7 Å². The Labute approximate surface area is 118 Å². The monoisotopic (exact) mass is 327 g/mol. The molecule has 0 aliphatic rings. The average molecular weight is 328 g/mol. The van der Waals surface area contributed by atoms with Crippen LogP contribution < -0.4 is 5.32 Å². The van der Waals surface area contributed by atoms with Gasteiger partial charge >= 0.3 is 0 Å². The molecule has 0 aliphatic carbocycles. The Hall–Kier alpha value is -1.40. The van der Waals surface area contributed by atoms with Crippen LogP contribution in [0.4, 0.5) is 8.78 Å². The second-order valence-corrected chi connectivity index (χ2v) is 4.74. The van der Waals surface area contributed by atoms with Crippen LogP contribution in [0, 0.1) is 11.6 Å². The molecule has 0 spiro atoms. The van der Waals surface area contributed by atoms with Gasteiger partial charge in [0.25, 0.3) is 0 Å². The fourth-order valence-corrected chi connectivity index (χ4v) is 2.18. The first-order valence-corrected chi connectivity index (χ1v) is 6.57. The van der Waals surface area contributed by atoms with Gasteiger partial charge in [0.05, 0.1) is 16.2 Å². The lowest BCUT2D eigenvalue weighted by Gasteiger charge is -2.19. The fraction of sp³-hybridized carbons (Fsp3) is 0.231. The van der Waals surface area contributed by atoms with Crippen molar-refractivity contribution < 1.29 is 8.78 Å². The van der Waals surface area contributed by atoms with E-state index in [9.17, 15) is 8.78 Å². The van der Waals surface area contributed by atoms with Crippen LogP contribution in [0.2, 0.25) is 0 Å². The first-order valence-electron chi connectivity index (χ1n) is 5.77. The Balaban J connectivity index is 2.54. The van der Waals surface area contributed by atoms with Gasteiger partial charge in [-0.1, -0.05) is 6.92 Å². The summed E-state index contributed by atoms with van der Waals surface area (Å²) in [6.07, 6.45) is 2.90. The van der Waals surface area contributed by atoms with Gasteiger partial charge < -0.3 is 5.32 Å². The van der Waals surface area contributed by atoms with Crippen molar-refractivity contribution >= 4 is 15.9 Å². The highest BCUT2D eigenvalue weighted by Crippen LogP contribution is 2.29. The van der Waals surface area contributed by atoms with Crippen LogP contribution in [-0.4, -0.2) is 16.5 Å². The number of aromatic nitrogens is 2. The minimum Gasteiger partial charge on any atom is -0.305 e. The highest BCUT2D eigenvalue weighted by atomic mass is 79.9. The van der Waals surface area contributed by atoms with Crippen molar-refractivity contribution in [2.75, 3.05) is 6.54 Å². The van der Waals surface area contributed by atoms with Crippen LogP contribution in [-0.2, 0) is 0 Å². The average Bonchev–Trinajstić information content (AvgIpc) is 2.43. The van der Waals surface area contributed by atoms with E-state index >= 15 is 0 Å². The van der Waals surface area contributed by atoms with Crippen LogP contribution in [0.15, 0.2) is 35.2 Å². The van der Waals surface area contributed by atoms with Gasteiger partial charge in [-0.15, -0.1) is 0 Å². The summed E-state index contributed by atoms with van der Waals surface area (Å²) in [7, 11) is 0. The highest BCUT2D eigenvalue weighted by molar-refractivity contribution is 9.10. The van der Waals surface area contributed by atoms with Gasteiger partial charge in [0.2, 0.25) is 0 Å². The smallest absolute Gasteiger partial charge is 0.145 e. The molecule has 1 aromatic heterocycles. The van der Waals surface area contributed by atoms with E-state index in [0.717, 1.165) is 0 Å². The largest absolute Gasteiger partial charge is 0.305 e. The van der Waals surface area contributed by atoms with Gasteiger partial charge in [0, 0.05) is 11.8 Å². The summed E-state index contributed by atoms with van der Waals surface area (Å²) < 4.78 is 28.3. The number of hydrogen-bond donors (Lipinski definition) is 1. The van der Waals surface area contributed by atoms with E-state index in [2.05, 4.69) is 31.2 Å². The maximum absolute atomic E-state index is 14.2. The van der Waals surface area contributed by atoms with Crippen LogP contribution in [0.1, 0.15) is 24.2 Å². The summed E-state index contributed by atoms with van der Waals surface area (Å²) in [4.78, 5) is 7.87. The Morgan fingerprint density at radius 3 is 2.74 bits per heavy atom. The number of halogens is 3. The molecule has 0 saturated carbocycles. The van der Waals surface area contributed by atoms with Crippen molar-refractivity contribution in [3.8, 4) is 0 Å². The second kappa shape index (κ2) is 6.16. The molecule has 0 fully saturated rings. The molecule has 0 amide bonds. The second-order valence-electron chi connectivity index (χ2n) is 3.88. The molecule has 100 valence electrons. The number of hydrogen-bond acceptors (Lipinski definition) is 3. The number of rotatable bonds is 4. The minimum absolute atomic E-state index is 0.0464. The SMILES string of the molecule is CCNC(c1ccncn1)c1c(F)ccc(Br)c1F. The lowest BCUT2D eigenvalue weighted by Crippen LogP contribution is -2.25. The first-order chi connectivity index (χ1) is 9.15. The Kier molecular flexibility index (Phi) is 4.55. The van der Waals surface area contributed by atoms with Gasteiger partial charge in [-0.3, -0.25) is 0 Å². The summed E-state index contributed by atoms with van der Waals surface area (Å²) in [5.41, 5.74) is 0.475. The van der Waals surface area contributed by atoms with Crippen molar-refractivity contribution in [2.45, 2.75) is 13.0 Å². The maximum atomic E-state index is 14.2. The molecule has 1 unspecified atom stereocenters. The molecule has 2 rings (SSSR count). The normalized spacial score (nSPS) is 12.4.